The molecule has 5 rings (SSSR count). The van der Waals surface area contributed by atoms with Gasteiger partial charge in [0, 0.05) is 23.2 Å². The number of ether oxygens (including phenoxy) is 3. The van der Waals surface area contributed by atoms with Crippen LogP contribution in [0.1, 0.15) is 44.6 Å². The monoisotopic (exact) mass is 506 g/mol. The Morgan fingerprint density at radius 2 is 1.67 bits per heavy atom. The summed E-state index contributed by atoms with van der Waals surface area (Å²) in [4.78, 5) is 29.4. The van der Waals surface area contributed by atoms with E-state index in [0.29, 0.717) is 52.1 Å². The fraction of sp³-hybridized carbons (Fsp3) is 0.286. The Balaban J connectivity index is 1.65. The Hall–Kier alpha value is -3.71. The highest BCUT2D eigenvalue weighted by atomic mass is 35.5. The molecule has 3 aromatic carbocycles. The second kappa shape index (κ2) is 9.39. The first kappa shape index (κ1) is 24.0. The predicted octanol–water partition coefficient (Wildman–Crippen LogP) is 5.15. The van der Waals surface area contributed by atoms with Crippen LogP contribution in [-0.2, 0) is 11.2 Å². The van der Waals surface area contributed by atoms with Crippen LogP contribution in [0.25, 0.3) is 0 Å². The number of fused-ring (bicyclic) bond motifs is 4. The highest BCUT2D eigenvalue weighted by molar-refractivity contribution is 6.31. The van der Waals surface area contributed by atoms with Crippen LogP contribution in [0, 0.1) is 6.92 Å². The summed E-state index contributed by atoms with van der Waals surface area (Å²) in [5.41, 5.74) is 4.47. The van der Waals surface area contributed by atoms with Crippen molar-refractivity contribution in [1.29, 1.82) is 0 Å². The Morgan fingerprint density at radius 1 is 0.972 bits per heavy atom. The molecule has 2 unspecified atom stereocenters. The van der Waals surface area contributed by atoms with Gasteiger partial charge in [-0.2, -0.15) is 0 Å². The number of aryl methyl sites for hydroxylation is 1. The first-order chi connectivity index (χ1) is 17.4. The minimum Gasteiger partial charge on any atom is -0.495 e. The molecule has 0 fully saturated rings. The number of carbonyl (C=O) groups is 2. The Bertz CT molecular complexity index is 1370. The highest BCUT2D eigenvalue weighted by Gasteiger charge is 2.46. The number of amides is 2. The zero-order chi connectivity index (χ0) is 25.6. The second-order valence-electron chi connectivity index (χ2n) is 8.96. The largest absolute Gasteiger partial charge is 0.495 e. The molecule has 186 valence electrons. The zero-order valence-corrected chi connectivity index (χ0v) is 21.3. The summed E-state index contributed by atoms with van der Waals surface area (Å²) in [7, 11) is 4.70. The van der Waals surface area contributed by atoms with Gasteiger partial charge in [-0.3, -0.25) is 9.59 Å². The molecule has 0 saturated heterocycles. The van der Waals surface area contributed by atoms with Gasteiger partial charge in [0.25, 0.3) is 5.91 Å². The van der Waals surface area contributed by atoms with Crippen LogP contribution in [0.3, 0.4) is 0 Å². The van der Waals surface area contributed by atoms with Crippen molar-refractivity contribution in [2.45, 2.75) is 25.3 Å². The van der Waals surface area contributed by atoms with Crippen molar-refractivity contribution in [3.05, 3.63) is 81.4 Å². The predicted molar refractivity (Wildman–Crippen MR) is 138 cm³/mol. The molecule has 0 aliphatic carbocycles. The minimum atomic E-state index is -0.656. The van der Waals surface area contributed by atoms with E-state index in [-0.39, 0.29) is 11.8 Å². The molecule has 0 aromatic heterocycles. The third kappa shape index (κ3) is 3.84. The SMILES string of the molecule is COc1cc(Cl)c(C)cc1NC(=O)C1c2ccccc2C(=O)N2CCc3cc(OC)c(OC)cc3C12. The van der Waals surface area contributed by atoms with Crippen molar-refractivity contribution in [3.8, 4) is 17.2 Å². The molecule has 0 radical (unpaired) electrons. The lowest BCUT2D eigenvalue weighted by atomic mass is 9.75. The summed E-state index contributed by atoms with van der Waals surface area (Å²) < 4.78 is 16.6. The number of methoxy groups -OCH3 is 3. The molecule has 0 bridgehead atoms. The van der Waals surface area contributed by atoms with E-state index in [9.17, 15) is 9.59 Å². The van der Waals surface area contributed by atoms with E-state index in [4.69, 9.17) is 25.8 Å². The topological polar surface area (TPSA) is 77.1 Å². The molecule has 8 heteroatoms. The molecule has 2 aliphatic heterocycles. The Morgan fingerprint density at radius 3 is 2.39 bits per heavy atom. The van der Waals surface area contributed by atoms with Gasteiger partial charge in [-0.1, -0.05) is 29.8 Å². The van der Waals surface area contributed by atoms with Crippen molar-refractivity contribution < 1.29 is 23.8 Å². The molecule has 7 nitrogen and oxygen atoms in total. The molecule has 1 N–H and O–H groups in total. The molecule has 0 saturated carbocycles. The lowest BCUT2D eigenvalue weighted by Crippen LogP contribution is -2.49. The lowest BCUT2D eigenvalue weighted by molar-refractivity contribution is -0.119. The van der Waals surface area contributed by atoms with E-state index in [2.05, 4.69) is 5.32 Å². The molecule has 0 spiro atoms. The van der Waals surface area contributed by atoms with E-state index in [1.807, 2.05) is 37.3 Å². The van der Waals surface area contributed by atoms with Crippen LogP contribution in [0.15, 0.2) is 48.5 Å². The number of anilines is 1. The number of hydrogen-bond donors (Lipinski definition) is 1. The molecule has 2 amide bonds. The standard InChI is InChI=1S/C28H27ClN2O5/c1-15-11-21(22(34-2)14-20(15)29)30-27(32)25-17-7-5-6-8-18(17)28(33)31-10-9-16-12-23(35-3)24(36-4)13-19(16)26(25)31/h5-8,11-14,25-26H,9-10H2,1-4H3,(H,30,32). The third-order valence-electron chi connectivity index (χ3n) is 7.05. The van der Waals surface area contributed by atoms with Crippen molar-refractivity contribution in [3.63, 3.8) is 0 Å². The zero-order valence-electron chi connectivity index (χ0n) is 20.6. The van der Waals surface area contributed by atoms with Crippen molar-refractivity contribution >= 4 is 29.1 Å². The van der Waals surface area contributed by atoms with E-state index in [1.54, 1.807) is 37.3 Å². The van der Waals surface area contributed by atoms with Gasteiger partial charge in [-0.05, 0) is 59.9 Å². The summed E-state index contributed by atoms with van der Waals surface area (Å²) in [5, 5.41) is 3.60. The van der Waals surface area contributed by atoms with Gasteiger partial charge in [0.2, 0.25) is 5.91 Å². The summed E-state index contributed by atoms with van der Waals surface area (Å²) in [5.74, 6) is 0.656. The molecule has 3 aromatic rings. The summed E-state index contributed by atoms with van der Waals surface area (Å²) in [6, 6.07) is 14.1. The average Bonchev–Trinajstić information content (AvgIpc) is 2.89. The molecular formula is C28H27ClN2O5. The van der Waals surface area contributed by atoms with Gasteiger partial charge in [-0.25, -0.2) is 0 Å². The van der Waals surface area contributed by atoms with E-state index >= 15 is 0 Å². The van der Waals surface area contributed by atoms with Crippen LogP contribution in [0.5, 0.6) is 17.2 Å². The van der Waals surface area contributed by atoms with Gasteiger partial charge >= 0.3 is 0 Å². The molecule has 36 heavy (non-hydrogen) atoms. The third-order valence-corrected chi connectivity index (χ3v) is 7.45. The fourth-order valence-corrected chi connectivity index (χ4v) is 5.43. The molecule has 2 atom stereocenters. The van der Waals surface area contributed by atoms with E-state index in [0.717, 1.165) is 16.7 Å². The number of hydrogen-bond acceptors (Lipinski definition) is 5. The van der Waals surface area contributed by atoms with Crippen molar-refractivity contribution in [1.82, 2.24) is 4.90 Å². The number of benzene rings is 3. The summed E-state index contributed by atoms with van der Waals surface area (Å²) >= 11 is 6.27. The van der Waals surface area contributed by atoms with Gasteiger partial charge in [0.15, 0.2) is 11.5 Å². The maximum Gasteiger partial charge on any atom is 0.254 e. The van der Waals surface area contributed by atoms with Crippen LogP contribution < -0.4 is 19.5 Å². The van der Waals surface area contributed by atoms with Gasteiger partial charge in [-0.15, -0.1) is 0 Å². The maximum atomic E-state index is 14.0. The minimum absolute atomic E-state index is 0.0833. The first-order valence-corrected chi connectivity index (χ1v) is 12.1. The highest BCUT2D eigenvalue weighted by Crippen LogP contribution is 2.48. The molecule has 2 heterocycles. The van der Waals surface area contributed by atoms with E-state index < -0.39 is 12.0 Å². The number of nitrogens with one attached hydrogen (secondary N) is 1. The van der Waals surface area contributed by atoms with Crippen LogP contribution in [-0.4, -0.2) is 44.6 Å². The maximum absolute atomic E-state index is 14.0. The van der Waals surface area contributed by atoms with Gasteiger partial charge in [0.1, 0.15) is 5.75 Å². The van der Waals surface area contributed by atoms with Gasteiger partial charge < -0.3 is 24.4 Å². The number of rotatable bonds is 5. The summed E-state index contributed by atoms with van der Waals surface area (Å²) in [6.45, 7) is 2.36. The quantitative estimate of drug-likeness (QED) is 0.518. The molecule has 2 aliphatic rings. The van der Waals surface area contributed by atoms with Gasteiger partial charge in [0.05, 0.1) is 39.0 Å². The Labute approximate surface area is 214 Å². The van der Waals surface area contributed by atoms with Crippen molar-refractivity contribution in [2.75, 3.05) is 33.2 Å². The van der Waals surface area contributed by atoms with Crippen LogP contribution >= 0.6 is 11.6 Å². The average molecular weight is 507 g/mol. The lowest BCUT2D eigenvalue weighted by Gasteiger charge is -2.45. The fourth-order valence-electron chi connectivity index (χ4n) is 5.28. The summed E-state index contributed by atoms with van der Waals surface area (Å²) in [6.07, 6.45) is 0.651. The number of nitrogens with zero attached hydrogens (tertiary/aromatic N) is 1. The first-order valence-electron chi connectivity index (χ1n) is 11.7. The smallest absolute Gasteiger partial charge is 0.254 e. The molecular weight excluding hydrogens is 480 g/mol. The number of carbonyl (C=O) groups excluding carboxylic acids is 2. The Kier molecular flexibility index (Phi) is 6.26. The van der Waals surface area contributed by atoms with Crippen LogP contribution in [0.4, 0.5) is 5.69 Å². The van der Waals surface area contributed by atoms with Crippen LogP contribution in [0.2, 0.25) is 5.02 Å². The van der Waals surface area contributed by atoms with Crippen molar-refractivity contribution in [2.24, 2.45) is 0 Å². The second-order valence-corrected chi connectivity index (χ2v) is 9.36. The number of halogens is 1. The van der Waals surface area contributed by atoms with E-state index in [1.165, 1.54) is 7.11 Å². The normalized spacial score (nSPS) is 18.0.